The van der Waals surface area contributed by atoms with Gasteiger partial charge in [0.25, 0.3) is 0 Å². The molecular weight excluding hydrogens is 480 g/mol. The molecule has 7 aromatic rings. The van der Waals surface area contributed by atoms with E-state index in [1.807, 2.05) is 23.7 Å². The van der Waals surface area contributed by atoms with Crippen LogP contribution in [0.5, 0.6) is 0 Å². The van der Waals surface area contributed by atoms with E-state index >= 15 is 0 Å². The van der Waals surface area contributed by atoms with E-state index in [4.69, 9.17) is 0 Å². The smallest absolute Gasteiger partial charge is 0.0468 e. The van der Waals surface area contributed by atoms with Crippen LogP contribution in [0.4, 0.5) is 17.1 Å². The Kier molecular flexibility index (Phi) is 5.69. The average molecular weight is 505 g/mol. The van der Waals surface area contributed by atoms with Gasteiger partial charge >= 0.3 is 0 Å². The van der Waals surface area contributed by atoms with E-state index in [-0.39, 0.29) is 0 Å². The van der Waals surface area contributed by atoms with Crippen molar-refractivity contribution in [2.45, 2.75) is 0 Å². The maximum Gasteiger partial charge on any atom is 0.0468 e. The Labute approximate surface area is 226 Å². The van der Waals surface area contributed by atoms with Gasteiger partial charge in [-0.25, -0.2) is 0 Å². The van der Waals surface area contributed by atoms with Crippen molar-refractivity contribution in [2.75, 3.05) is 4.90 Å². The standard InChI is InChI=1S/C35H24N2S/c1-3-7-25(8-4-1)27-11-15-29(16-12-27)37(30-17-13-28(14-18-30)26-9-5-2-6-10-26)31-19-20-34-32(23-31)33-24-36-22-21-35(33)38-34/h1-24H. The van der Waals surface area contributed by atoms with Crippen molar-refractivity contribution < 1.29 is 0 Å². The quantitative estimate of drug-likeness (QED) is 0.232. The lowest BCUT2D eigenvalue weighted by atomic mass is 10.0. The highest BCUT2D eigenvalue weighted by atomic mass is 32.1. The number of aromatic nitrogens is 1. The van der Waals surface area contributed by atoms with Crippen LogP contribution in [0.25, 0.3) is 42.4 Å². The molecule has 0 bridgehead atoms. The van der Waals surface area contributed by atoms with Gasteiger partial charge in [-0.1, -0.05) is 84.9 Å². The third-order valence-corrected chi connectivity index (χ3v) is 8.13. The van der Waals surface area contributed by atoms with E-state index < -0.39 is 0 Å². The molecule has 0 fully saturated rings. The lowest BCUT2D eigenvalue weighted by molar-refractivity contribution is 1.29. The zero-order valence-corrected chi connectivity index (χ0v) is 21.5. The fourth-order valence-corrected chi connectivity index (χ4v) is 6.12. The van der Waals surface area contributed by atoms with Crippen molar-refractivity contribution >= 4 is 48.6 Å². The number of fused-ring (bicyclic) bond motifs is 3. The Morgan fingerprint density at radius 3 is 1.53 bits per heavy atom. The van der Waals surface area contributed by atoms with Crippen LogP contribution in [0, 0.1) is 0 Å². The van der Waals surface area contributed by atoms with Crippen LogP contribution in [-0.2, 0) is 0 Å². The molecule has 0 aliphatic rings. The van der Waals surface area contributed by atoms with Crippen LogP contribution < -0.4 is 4.90 Å². The number of hydrogen-bond acceptors (Lipinski definition) is 3. The summed E-state index contributed by atoms with van der Waals surface area (Å²) < 4.78 is 2.54. The van der Waals surface area contributed by atoms with Crippen LogP contribution in [-0.4, -0.2) is 4.98 Å². The highest BCUT2D eigenvalue weighted by molar-refractivity contribution is 7.25. The topological polar surface area (TPSA) is 16.1 Å². The third kappa shape index (κ3) is 4.13. The molecule has 0 saturated heterocycles. The molecule has 0 saturated carbocycles. The number of benzene rings is 5. The molecule has 3 heteroatoms. The second-order valence-corrected chi connectivity index (χ2v) is 10.4. The van der Waals surface area contributed by atoms with E-state index in [1.165, 1.54) is 42.4 Å². The number of anilines is 3. The van der Waals surface area contributed by atoms with Crippen molar-refractivity contribution in [1.82, 2.24) is 4.98 Å². The zero-order chi connectivity index (χ0) is 25.3. The maximum absolute atomic E-state index is 4.40. The molecule has 0 radical (unpaired) electrons. The Morgan fingerprint density at radius 1 is 0.447 bits per heavy atom. The molecule has 0 spiro atoms. The highest BCUT2D eigenvalue weighted by Gasteiger charge is 2.15. The molecule has 180 valence electrons. The Hall–Kier alpha value is -4.73. The van der Waals surface area contributed by atoms with Gasteiger partial charge in [0.15, 0.2) is 0 Å². The Balaban J connectivity index is 1.35. The van der Waals surface area contributed by atoms with E-state index in [0.717, 1.165) is 17.1 Å². The summed E-state index contributed by atoms with van der Waals surface area (Å²) in [6.07, 6.45) is 3.85. The molecule has 7 rings (SSSR count). The van der Waals surface area contributed by atoms with E-state index in [9.17, 15) is 0 Å². The average Bonchev–Trinajstić information content (AvgIpc) is 3.37. The van der Waals surface area contributed by atoms with Crippen molar-refractivity contribution in [2.24, 2.45) is 0 Å². The summed E-state index contributed by atoms with van der Waals surface area (Å²) in [5, 5.41) is 2.44. The molecule has 0 aliphatic carbocycles. The van der Waals surface area contributed by atoms with Gasteiger partial charge in [-0.15, -0.1) is 11.3 Å². The summed E-state index contributed by atoms with van der Waals surface area (Å²) in [4.78, 5) is 6.73. The second-order valence-electron chi connectivity index (χ2n) is 9.32. The molecule has 0 unspecified atom stereocenters. The first-order valence-electron chi connectivity index (χ1n) is 12.7. The van der Waals surface area contributed by atoms with E-state index in [0.29, 0.717) is 0 Å². The highest BCUT2D eigenvalue weighted by Crippen LogP contribution is 2.41. The summed E-state index contributed by atoms with van der Waals surface area (Å²) in [5.41, 5.74) is 8.22. The molecule has 38 heavy (non-hydrogen) atoms. The van der Waals surface area contributed by atoms with Crippen LogP contribution in [0.2, 0.25) is 0 Å². The van der Waals surface area contributed by atoms with Gasteiger partial charge < -0.3 is 4.90 Å². The van der Waals surface area contributed by atoms with Gasteiger partial charge in [-0.3, -0.25) is 4.98 Å². The van der Waals surface area contributed by atoms with Crippen molar-refractivity contribution in [3.63, 3.8) is 0 Å². The van der Waals surface area contributed by atoms with Crippen LogP contribution in [0.3, 0.4) is 0 Å². The van der Waals surface area contributed by atoms with Crippen LogP contribution >= 0.6 is 11.3 Å². The predicted octanol–water partition coefficient (Wildman–Crippen LogP) is 10.3. The van der Waals surface area contributed by atoms with Crippen molar-refractivity contribution in [1.29, 1.82) is 0 Å². The van der Waals surface area contributed by atoms with Crippen molar-refractivity contribution in [3.05, 3.63) is 146 Å². The molecular formula is C35H24N2S. The van der Waals surface area contributed by atoms with Crippen molar-refractivity contribution in [3.8, 4) is 22.3 Å². The molecule has 0 amide bonds. The molecule has 2 nitrogen and oxygen atoms in total. The van der Waals surface area contributed by atoms with Crippen LogP contribution in [0.1, 0.15) is 0 Å². The van der Waals surface area contributed by atoms with Gasteiger partial charge in [0.2, 0.25) is 0 Å². The van der Waals surface area contributed by atoms with Gasteiger partial charge in [0.05, 0.1) is 0 Å². The monoisotopic (exact) mass is 504 g/mol. The normalized spacial score (nSPS) is 11.2. The van der Waals surface area contributed by atoms with Crippen LogP contribution in [0.15, 0.2) is 146 Å². The zero-order valence-electron chi connectivity index (χ0n) is 20.7. The summed E-state index contributed by atoms with van der Waals surface area (Å²) in [6, 6.07) is 47.6. The number of rotatable bonds is 5. The summed E-state index contributed by atoms with van der Waals surface area (Å²) in [5.74, 6) is 0. The molecule has 5 aromatic carbocycles. The fourth-order valence-electron chi connectivity index (χ4n) is 5.06. The van der Waals surface area contributed by atoms with E-state index in [1.54, 1.807) is 0 Å². The minimum absolute atomic E-state index is 1.12. The lowest BCUT2D eigenvalue weighted by Crippen LogP contribution is -2.09. The minimum atomic E-state index is 1.12. The molecule has 0 N–H and O–H groups in total. The fraction of sp³-hybridized carbons (Fsp3) is 0. The van der Waals surface area contributed by atoms with Gasteiger partial charge in [0.1, 0.15) is 0 Å². The first-order valence-corrected chi connectivity index (χ1v) is 13.5. The Morgan fingerprint density at radius 2 is 0.947 bits per heavy atom. The van der Waals surface area contributed by atoms with Gasteiger partial charge in [0, 0.05) is 49.6 Å². The number of pyridine rings is 1. The third-order valence-electron chi connectivity index (χ3n) is 6.98. The summed E-state index contributed by atoms with van der Waals surface area (Å²) in [7, 11) is 0. The summed E-state index contributed by atoms with van der Waals surface area (Å²) >= 11 is 1.81. The molecule has 0 atom stereocenters. The number of hydrogen-bond donors (Lipinski definition) is 0. The van der Waals surface area contributed by atoms with Gasteiger partial charge in [-0.2, -0.15) is 0 Å². The Bertz CT molecular complexity index is 1760. The largest absolute Gasteiger partial charge is 0.310 e. The first kappa shape index (κ1) is 22.5. The minimum Gasteiger partial charge on any atom is -0.310 e. The first-order chi connectivity index (χ1) is 18.8. The number of nitrogens with zero attached hydrogens (tertiary/aromatic N) is 2. The SMILES string of the molecule is c1ccc(-c2ccc(N(c3ccc(-c4ccccc4)cc3)c3ccc4sc5ccncc5c4c3)cc2)cc1. The molecule has 2 heterocycles. The van der Waals surface area contributed by atoms with E-state index in [2.05, 4.69) is 143 Å². The second kappa shape index (κ2) is 9.62. The van der Waals surface area contributed by atoms with Gasteiger partial charge in [-0.05, 0) is 70.8 Å². The lowest BCUT2D eigenvalue weighted by Gasteiger charge is -2.26. The summed E-state index contributed by atoms with van der Waals surface area (Å²) in [6.45, 7) is 0. The predicted molar refractivity (Wildman–Crippen MR) is 163 cm³/mol. The molecule has 0 aliphatic heterocycles. The number of thiophene rings is 1. The maximum atomic E-state index is 4.40. The molecule has 2 aromatic heterocycles.